The molecule has 39 heavy (non-hydrogen) atoms. The minimum Gasteiger partial charge on any atom is -0.507 e. The molecule has 1 atom stereocenters. The van der Waals surface area contributed by atoms with Crippen molar-refractivity contribution in [1.29, 1.82) is 0 Å². The van der Waals surface area contributed by atoms with Gasteiger partial charge in [-0.1, -0.05) is 29.5 Å². The van der Waals surface area contributed by atoms with Gasteiger partial charge in [0.1, 0.15) is 35.6 Å². The summed E-state index contributed by atoms with van der Waals surface area (Å²) in [5, 5.41) is 11.6. The van der Waals surface area contributed by atoms with Gasteiger partial charge in [-0.3, -0.25) is 14.5 Å². The fraction of sp³-hybridized carbons (Fsp3) is 0.286. The van der Waals surface area contributed by atoms with Crippen LogP contribution in [0.1, 0.15) is 46.4 Å². The Kier molecular flexibility index (Phi) is 7.25. The van der Waals surface area contributed by atoms with E-state index in [9.17, 15) is 19.5 Å². The van der Waals surface area contributed by atoms with Crippen molar-refractivity contribution in [2.45, 2.75) is 26.8 Å². The second kappa shape index (κ2) is 10.8. The first kappa shape index (κ1) is 26.2. The number of aliphatic hydroxyl groups is 1. The molecule has 3 aromatic rings. The number of ketones is 1. The van der Waals surface area contributed by atoms with Crippen molar-refractivity contribution in [3.63, 3.8) is 0 Å². The number of aliphatic hydroxyl groups excluding tert-OH is 1. The Morgan fingerprint density at radius 3 is 2.59 bits per heavy atom. The maximum atomic E-state index is 13.6. The third kappa shape index (κ3) is 4.69. The molecule has 2 aliphatic rings. The van der Waals surface area contributed by atoms with Gasteiger partial charge in [-0.25, -0.2) is 9.78 Å². The molecule has 10 nitrogen and oxygen atoms in total. The van der Waals surface area contributed by atoms with E-state index in [1.165, 1.54) is 4.90 Å². The van der Waals surface area contributed by atoms with Crippen LogP contribution in [0, 0.1) is 6.92 Å². The SMILES string of the molecule is CCOC(=O)c1sc(N2C(=O)C(=O)/C(=C(/O)c3ccc4c(c3)OCCO4)C2c2ccccc2OCC)nc1C. The van der Waals surface area contributed by atoms with Crippen molar-refractivity contribution in [2.75, 3.05) is 31.3 Å². The zero-order valence-corrected chi connectivity index (χ0v) is 22.4. The highest BCUT2D eigenvalue weighted by atomic mass is 32.1. The van der Waals surface area contributed by atoms with Crippen molar-refractivity contribution >= 4 is 39.9 Å². The fourth-order valence-corrected chi connectivity index (χ4v) is 5.52. The van der Waals surface area contributed by atoms with E-state index in [4.69, 9.17) is 18.9 Å². The third-order valence-corrected chi connectivity index (χ3v) is 7.36. The number of anilines is 1. The molecule has 1 unspecified atom stereocenters. The van der Waals surface area contributed by atoms with Crippen molar-refractivity contribution in [3.05, 3.63) is 69.7 Å². The van der Waals surface area contributed by atoms with Crippen LogP contribution in [0.5, 0.6) is 17.2 Å². The van der Waals surface area contributed by atoms with Crippen molar-refractivity contribution < 1.29 is 38.4 Å². The van der Waals surface area contributed by atoms with E-state index in [0.29, 0.717) is 48.3 Å². The number of ether oxygens (including phenoxy) is 4. The Morgan fingerprint density at radius 1 is 1.10 bits per heavy atom. The number of hydrogen-bond donors (Lipinski definition) is 1. The molecule has 0 bridgehead atoms. The van der Waals surface area contributed by atoms with Gasteiger partial charge < -0.3 is 24.1 Å². The predicted octanol–water partition coefficient (Wildman–Crippen LogP) is 4.42. The molecule has 3 heterocycles. The van der Waals surface area contributed by atoms with Crippen molar-refractivity contribution in [2.24, 2.45) is 0 Å². The number of fused-ring (bicyclic) bond motifs is 1. The summed E-state index contributed by atoms with van der Waals surface area (Å²) in [5.41, 5.74) is 0.968. The van der Waals surface area contributed by atoms with E-state index in [-0.39, 0.29) is 33.5 Å². The molecule has 202 valence electrons. The zero-order chi connectivity index (χ0) is 27.7. The molecule has 2 aromatic carbocycles. The van der Waals surface area contributed by atoms with Gasteiger partial charge in [0.15, 0.2) is 16.6 Å². The number of nitrogens with zero attached hydrogens (tertiary/aromatic N) is 2. The number of para-hydroxylation sites is 1. The highest BCUT2D eigenvalue weighted by molar-refractivity contribution is 7.17. The lowest BCUT2D eigenvalue weighted by Crippen LogP contribution is -2.29. The minimum absolute atomic E-state index is 0.121. The van der Waals surface area contributed by atoms with E-state index in [2.05, 4.69) is 4.98 Å². The quantitative estimate of drug-likeness (QED) is 0.197. The van der Waals surface area contributed by atoms with Crippen molar-refractivity contribution in [1.82, 2.24) is 4.98 Å². The molecule has 1 aromatic heterocycles. The number of Topliss-reactive ketones (excluding diaryl/α,β-unsaturated/α-hetero) is 1. The molecule has 0 spiro atoms. The lowest BCUT2D eigenvalue weighted by Gasteiger charge is -2.25. The molecule has 1 fully saturated rings. The van der Waals surface area contributed by atoms with Crippen LogP contribution in [0.3, 0.4) is 0 Å². The number of esters is 1. The molecular formula is C28H26N2O8S. The van der Waals surface area contributed by atoms with Crippen LogP contribution in [0.25, 0.3) is 5.76 Å². The lowest BCUT2D eigenvalue weighted by atomic mass is 9.94. The molecule has 1 saturated heterocycles. The number of amides is 1. The number of rotatable bonds is 7. The second-order valence-corrected chi connectivity index (χ2v) is 9.61. The fourth-order valence-electron chi connectivity index (χ4n) is 4.53. The first-order chi connectivity index (χ1) is 18.8. The topological polar surface area (TPSA) is 124 Å². The van der Waals surface area contributed by atoms with Crippen LogP contribution in [-0.2, 0) is 14.3 Å². The maximum Gasteiger partial charge on any atom is 0.350 e. The van der Waals surface area contributed by atoms with Gasteiger partial charge in [0.2, 0.25) is 0 Å². The van der Waals surface area contributed by atoms with E-state index in [1.807, 2.05) is 6.92 Å². The molecule has 0 aliphatic carbocycles. The normalized spacial score (nSPS) is 17.8. The summed E-state index contributed by atoms with van der Waals surface area (Å²) in [6.45, 7) is 6.39. The van der Waals surface area contributed by atoms with Gasteiger partial charge in [0.05, 0.1) is 24.5 Å². The molecule has 0 radical (unpaired) electrons. The Bertz CT molecular complexity index is 1490. The van der Waals surface area contributed by atoms with E-state index in [1.54, 1.807) is 56.3 Å². The summed E-state index contributed by atoms with van der Waals surface area (Å²) < 4.78 is 22.2. The van der Waals surface area contributed by atoms with Gasteiger partial charge >= 0.3 is 11.9 Å². The first-order valence-electron chi connectivity index (χ1n) is 12.4. The van der Waals surface area contributed by atoms with Crippen molar-refractivity contribution in [3.8, 4) is 17.2 Å². The largest absolute Gasteiger partial charge is 0.507 e. The first-order valence-corrected chi connectivity index (χ1v) is 13.2. The Morgan fingerprint density at radius 2 is 1.85 bits per heavy atom. The third-order valence-electron chi connectivity index (χ3n) is 6.23. The number of thiazole rings is 1. The summed E-state index contributed by atoms with van der Waals surface area (Å²) in [4.78, 5) is 45.5. The Labute approximate surface area is 228 Å². The number of carbonyl (C=O) groups excluding carboxylic acids is 3. The molecule has 1 N–H and O–H groups in total. The number of hydrogen-bond acceptors (Lipinski definition) is 10. The maximum absolute atomic E-state index is 13.6. The van der Waals surface area contributed by atoms with Crippen LogP contribution in [0.15, 0.2) is 48.0 Å². The van der Waals surface area contributed by atoms with E-state index < -0.39 is 23.7 Å². The average Bonchev–Trinajstić information content (AvgIpc) is 3.45. The number of aromatic nitrogens is 1. The Balaban J connectivity index is 1.70. The van der Waals surface area contributed by atoms with Crippen LogP contribution in [0.2, 0.25) is 0 Å². The van der Waals surface area contributed by atoms with Gasteiger partial charge in [-0.15, -0.1) is 0 Å². The molecular weight excluding hydrogens is 524 g/mol. The summed E-state index contributed by atoms with van der Waals surface area (Å²) in [6.07, 6.45) is 0. The van der Waals surface area contributed by atoms with Gasteiger partial charge in [-0.2, -0.15) is 0 Å². The van der Waals surface area contributed by atoms with Crippen LogP contribution in [-0.4, -0.2) is 54.2 Å². The second-order valence-electron chi connectivity index (χ2n) is 8.63. The predicted molar refractivity (Wildman–Crippen MR) is 143 cm³/mol. The lowest BCUT2D eigenvalue weighted by molar-refractivity contribution is -0.132. The van der Waals surface area contributed by atoms with E-state index in [0.717, 1.165) is 11.3 Å². The summed E-state index contributed by atoms with van der Waals surface area (Å²) in [5.74, 6) is -1.38. The smallest absolute Gasteiger partial charge is 0.350 e. The number of carbonyl (C=O) groups is 3. The monoisotopic (exact) mass is 550 g/mol. The molecule has 5 rings (SSSR count). The molecule has 11 heteroatoms. The number of benzene rings is 2. The molecule has 2 aliphatic heterocycles. The summed E-state index contributed by atoms with van der Waals surface area (Å²) in [7, 11) is 0. The summed E-state index contributed by atoms with van der Waals surface area (Å²) >= 11 is 0.942. The van der Waals surface area contributed by atoms with Gasteiger partial charge in [0, 0.05) is 11.1 Å². The molecule has 1 amide bonds. The summed E-state index contributed by atoms with van der Waals surface area (Å²) in [6, 6.07) is 10.7. The van der Waals surface area contributed by atoms with Gasteiger partial charge in [-0.05, 0) is 45.0 Å². The zero-order valence-electron chi connectivity index (χ0n) is 21.6. The Hall–Kier alpha value is -4.38. The van der Waals surface area contributed by atoms with Crippen LogP contribution < -0.4 is 19.1 Å². The van der Waals surface area contributed by atoms with Crippen LogP contribution in [0.4, 0.5) is 5.13 Å². The highest BCUT2D eigenvalue weighted by Crippen LogP contribution is 2.46. The standard InChI is InChI=1S/C28H26N2O8S/c1-4-35-18-9-7-6-8-17(18)22-21(23(31)16-10-11-19-20(14-16)38-13-12-37-19)24(32)26(33)30(22)28-29-15(3)25(39-28)27(34)36-5-2/h6-11,14,22,31H,4-5,12-13H2,1-3H3/b23-21+. The average molecular weight is 551 g/mol. The van der Waals surface area contributed by atoms with E-state index >= 15 is 0 Å². The highest BCUT2D eigenvalue weighted by Gasteiger charge is 2.49. The van der Waals surface area contributed by atoms with Gasteiger partial charge in [0.25, 0.3) is 5.78 Å². The number of aryl methyl sites for hydroxylation is 1. The molecule has 0 saturated carbocycles. The van der Waals surface area contributed by atoms with Crippen LogP contribution >= 0.6 is 11.3 Å². The minimum atomic E-state index is -1.08.